The summed E-state index contributed by atoms with van der Waals surface area (Å²) < 4.78 is 32.8. The number of nitrogens with zero attached hydrogens (tertiary/aromatic N) is 3. The largest absolute Gasteiger partial charge is 0.497 e. The van der Waals surface area contributed by atoms with Gasteiger partial charge in [0.15, 0.2) is 0 Å². The Morgan fingerprint density at radius 3 is 2.22 bits per heavy atom. The summed E-state index contributed by atoms with van der Waals surface area (Å²) in [5.41, 5.74) is -0.349. The fourth-order valence-corrected chi connectivity index (χ4v) is 5.48. The summed E-state index contributed by atoms with van der Waals surface area (Å²) in [6.07, 6.45) is 2.37. The summed E-state index contributed by atoms with van der Waals surface area (Å²) in [6, 6.07) is 4.95. The summed E-state index contributed by atoms with van der Waals surface area (Å²) in [7, 11) is 1.51. The Morgan fingerprint density at radius 2 is 1.64 bits per heavy atom. The number of amides is 2. The molecule has 1 unspecified atom stereocenters. The van der Waals surface area contributed by atoms with Crippen LogP contribution < -0.4 is 16.0 Å². The minimum Gasteiger partial charge on any atom is -0.497 e. The molecule has 3 fully saturated rings. The number of hydrogen-bond donors (Lipinski definition) is 1. The van der Waals surface area contributed by atoms with Crippen molar-refractivity contribution in [2.45, 2.75) is 44.6 Å². The van der Waals surface area contributed by atoms with E-state index in [4.69, 9.17) is 4.74 Å². The van der Waals surface area contributed by atoms with Crippen molar-refractivity contribution in [3.8, 4) is 5.75 Å². The molecule has 0 bridgehead atoms. The fourth-order valence-electron chi connectivity index (χ4n) is 5.48. The standard InChI is InChI=1S/C25H30F2N4O5/c1-36-17-6-7-20-18(12-17)22(33)31(24(35)28-20)14-15-2-4-16(5-3-15)21(32)29-8-10-30(11-9-29)23(34)19-13-25(19,26)27/h6-7,12,15-16,19H,2-5,8-11,13-14H2,1H3,(H,28,35). The number of carbonyl (C=O) groups is 2. The van der Waals surface area contributed by atoms with Gasteiger partial charge in [-0.25, -0.2) is 13.6 Å². The van der Waals surface area contributed by atoms with Crippen molar-refractivity contribution in [2.75, 3.05) is 33.3 Å². The van der Waals surface area contributed by atoms with E-state index in [-0.39, 0.29) is 49.4 Å². The molecule has 0 spiro atoms. The second-order valence-corrected chi connectivity index (χ2v) is 10.1. The maximum absolute atomic E-state index is 13.2. The summed E-state index contributed by atoms with van der Waals surface area (Å²) in [4.78, 5) is 56.7. The van der Waals surface area contributed by atoms with E-state index in [9.17, 15) is 28.0 Å². The lowest BCUT2D eigenvalue weighted by atomic mass is 9.81. The molecule has 2 aliphatic carbocycles. The van der Waals surface area contributed by atoms with E-state index < -0.39 is 23.4 Å². The van der Waals surface area contributed by atoms with Crippen molar-refractivity contribution < 1.29 is 23.1 Å². The quantitative estimate of drug-likeness (QED) is 0.669. The molecule has 1 aliphatic heterocycles. The Hall–Kier alpha value is -3.24. The van der Waals surface area contributed by atoms with Crippen LogP contribution in [0.4, 0.5) is 8.78 Å². The Labute approximate surface area is 206 Å². The van der Waals surface area contributed by atoms with Crippen LogP contribution >= 0.6 is 0 Å². The Morgan fingerprint density at radius 1 is 1.03 bits per heavy atom. The first-order valence-corrected chi connectivity index (χ1v) is 12.4. The van der Waals surface area contributed by atoms with Crippen LogP contribution in [0.5, 0.6) is 5.75 Å². The number of alkyl halides is 2. The van der Waals surface area contributed by atoms with Crippen LogP contribution in [-0.4, -0.2) is 70.4 Å². The second-order valence-electron chi connectivity index (χ2n) is 10.1. The van der Waals surface area contributed by atoms with Crippen LogP contribution in [0.2, 0.25) is 0 Å². The smallest absolute Gasteiger partial charge is 0.328 e. The first-order valence-electron chi connectivity index (χ1n) is 12.4. The number of rotatable bonds is 5. The Kier molecular flexibility index (Phi) is 6.34. The topological polar surface area (TPSA) is 105 Å². The molecule has 2 saturated carbocycles. The van der Waals surface area contributed by atoms with Crippen molar-refractivity contribution in [3.05, 3.63) is 39.0 Å². The van der Waals surface area contributed by atoms with E-state index in [1.54, 1.807) is 23.1 Å². The molecule has 2 aromatic rings. The zero-order chi connectivity index (χ0) is 25.6. The van der Waals surface area contributed by atoms with E-state index in [0.717, 1.165) is 0 Å². The van der Waals surface area contributed by atoms with E-state index in [1.807, 2.05) is 0 Å². The van der Waals surface area contributed by atoms with Gasteiger partial charge in [0.1, 0.15) is 11.7 Å². The van der Waals surface area contributed by atoms with Gasteiger partial charge in [0.2, 0.25) is 11.8 Å². The predicted octanol–water partition coefficient (Wildman–Crippen LogP) is 1.83. The number of benzene rings is 1. The SMILES string of the molecule is COc1ccc2[nH]c(=O)n(CC3CCC(C(=O)N4CCN(C(=O)C5CC5(F)F)CC4)CC3)c(=O)c2c1. The van der Waals surface area contributed by atoms with Gasteiger partial charge in [0.25, 0.3) is 11.5 Å². The van der Waals surface area contributed by atoms with Gasteiger partial charge >= 0.3 is 5.69 Å². The number of carbonyl (C=O) groups excluding carboxylic acids is 2. The number of aromatic nitrogens is 2. The minimum atomic E-state index is -2.88. The first-order chi connectivity index (χ1) is 17.2. The maximum Gasteiger partial charge on any atom is 0.328 e. The molecule has 5 rings (SSSR count). The maximum atomic E-state index is 13.2. The predicted molar refractivity (Wildman–Crippen MR) is 127 cm³/mol. The number of nitrogens with one attached hydrogen (secondary N) is 1. The highest BCUT2D eigenvalue weighted by molar-refractivity contribution is 5.84. The third-order valence-corrected chi connectivity index (χ3v) is 7.85. The van der Waals surface area contributed by atoms with E-state index in [0.29, 0.717) is 55.4 Å². The lowest BCUT2D eigenvalue weighted by Gasteiger charge is -2.38. The molecule has 1 saturated heterocycles. The Bertz CT molecular complexity index is 1290. The number of fused-ring (bicyclic) bond motifs is 1. The number of halogens is 2. The molecule has 3 aliphatic rings. The molecule has 0 radical (unpaired) electrons. The zero-order valence-corrected chi connectivity index (χ0v) is 20.2. The minimum absolute atomic E-state index is 0.0325. The van der Waals surface area contributed by atoms with Crippen LogP contribution in [0.15, 0.2) is 27.8 Å². The summed E-state index contributed by atoms with van der Waals surface area (Å²) in [5, 5.41) is 0.390. The average Bonchev–Trinajstić information content (AvgIpc) is 3.53. The molecule has 36 heavy (non-hydrogen) atoms. The van der Waals surface area contributed by atoms with Crippen LogP contribution in [-0.2, 0) is 16.1 Å². The molecule has 9 nitrogen and oxygen atoms in total. The lowest BCUT2D eigenvalue weighted by molar-refractivity contribution is -0.144. The van der Waals surface area contributed by atoms with Gasteiger partial charge in [-0.1, -0.05) is 0 Å². The lowest BCUT2D eigenvalue weighted by Crippen LogP contribution is -2.52. The summed E-state index contributed by atoms with van der Waals surface area (Å²) in [5.74, 6) is -4.06. The molecular weight excluding hydrogens is 474 g/mol. The molecule has 1 aromatic carbocycles. The molecule has 1 aromatic heterocycles. The Balaban J connectivity index is 1.15. The molecule has 11 heteroatoms. The van der Waals surface area contributed by atoms with Crippen LogP contribution in [0, 0.1) is 17.8 Å². The van der Waals surface area contributed by atoms with Gasteiger partial charge in [-0.15, -0.1) is 0 Å². The molecule has 1 atom stereocenters. The zero-order valence-electron chi connectivity index (χ0n) is 20.2. The number of methoxy groups -OCH3 is 1. The third kappa shape index (κ3) is 4.62. The van der Waals surface area contributed by atoms with Crippen LogP contribution in [0.25, 0.3) is 10.9 Å². The van der Waals surface area contributed by atoms with E-state index in [2.05, 4.69) is 4.98 Å². The normalized spacial score (nSPS) is 25.6. The van der Waals surface area contributed by atoms with Gasteiger partial charge in [0.05, 0.1) is 18.0 Å². The second kappa shape index (κ2) is 9.33. The van der Waals surface area contributed by atoms with Crippen LogP contribution in [0.3, 0.4) is 0 Å². The van der Waals surface area contributed by atoms with Crippen molar-refractivity contribution in [2.24, 2.45) is 17.8 Å². The molecule has 1 N–H and O–H groups in total. The highest BCUT2D eigenvalue weighted by Crippen LogP contribution is 2.49. The van der Waals surface area contributed by atoms with Crippen molar-refractivity contribution in [1.82, 2.24) is 19.4 Å². The third-order valence-electron chi connectivity index (χ3n) is 7.85. The molecule has 2 amide bonds. The fraction of sp³-hybridized carbons (Fsp3) is 0.600. The van der Waals surface area contributed by atoms with Crippen LogP contribution in [0.1, 0.15) is 32.1 Å². The van der Waals surface area contributed by atoms with Gasteiger partial charge in [0, 0.05) is 45.1 Å². The van der Waals surface area contributed by atoms with Gasteiger partial charge in [-0.3, -0.25) is 19.0 Å². The van der Waals surface area contributed by atoms with Crippen molar-refractivity contribution in [1.29, 1.82) is 0 Å². The number of piperazine rings is 1. The molecule has 194 valence electrons. The van der Waals surface area contributed by atoms with Gasteiger partial charge in [-0.05, 0) is 49.8 Å². The number of hydrogen-bond acceptors (Lipinski definition) is 5. The van der Waals surface area contributed by atoms with E-state index in [1.165, 1.54) is 16.6 Å². The molecular formula is C25H30F2N4O5. The van der Waals surface area contributed by atoms with Crippen molar-refractivity contribution >= 4 is 22.7 Å². The van der Waals surface area contributed by atoms with Gasteiger partial charge in [-0.2, -0.15) is 0 Å². The van der Waals surface area contributed by atoms with Gasteiger partial charge < -0.3 is 19.5 Å². The van der Waals surface area contributed by atoms with E-state index >= 15 is 0 Å². The highest BCUT2D eigenvalue weighted by Gasteiger charge is 2.62. The number of H-pyrrole nitrogens is 1. The van der Waals surface area contributed by atoms with Crippen molar-refractivity contribution in [3.63, 3.8) is 0 Å². The first kappa shape index (κ1) is 24.5. The monoisotopic (exact) mass is 504 g/mol. The number of aromatic amines is 1. The summed E-state index contributed by atoms with van der Waals surface area (Å²) >= 11 is 0. The summed E-state index contributed by atoms with van der Waals surface area (Å²) in [6.45, 7) is 1.56. The molecule has 2 heterocycles. The average molecular weight is 505 g/mol. The number of ether oxygens (including phenoxy) is 1. The highest BCUT2D eigenvalue weighted by atomic mass is 19.3.